The van der Waals surface area contributed by atoms with Crippen molar-refractivity contribution in [1.82, 2.24) is 9.80 Å². The predicted molar refractivity (Wildman–Crippen MR) is 90.2 cm³/mol. The van der Waals surface area contributed by atoms with Gasteiger partial charge in [-0.05, 0) is 24.9 Å². The van der Waals surface area contributed by atoms with Crippen molar-refractivity contribution in [1.29, 1.82) is 0 Å². The van der Waals surface area contributed by atoms with E-state index < -0.39 is 0 Å². The zero-order valence-electron chi connectivity index (χ0n) is 13.9. The van der Waals surface area contributed by atoms with Gasteiger partial charge < -0.3 is 15.4 Å². The Morgan fingerprint density at radius 3 is 2.61 bits per heavy atom. The molecule has 23 heavy (non-hydrogen) atoms. The first-order valence-electron chi connectivity index (χ1n) is 8.56. The van der Waals surface area contributed by atoms with Gasteiger partial charge in [-0.15, -0.1) is 0 Å². The van der Waals surface area contributed by atoms with E-state index in [9.17, 15) is 4.79 Å². The van der Waals surface area contributed by atoms with Gasteiger partial charge in [-0.25, -0.2) is 0 Å². The summed E-state index contributed by atoms with van der Waals surface area (Å²) in [6.07, 6.45) is 0. The summed E-state index contributed by atoms with van der Waals surface area (Å²) in [5.41, 5.74) is 7.27. The highest BCUT2D eigenvalue weighted by Gasteiger charge is 2.37. The number of benzene rings is 1. The van der Waals surface area contributed by atoms with Gasteiger partial charge in [0.15, 0.2) is 0 Å². The molecular weight excluding hydrogens is 290 g/mol. The monoisotopic (exact) mass is 317 g/mol. The van der Waals surface area contributed by atoms with E-state index in [4.69, 9.17) is 10.5 Å². The number of hydrogen-bond acceptors (Lipinski definition) is 4. The number of amides is 1. The molecule has 0 aromatic heterocycles. The first kappa shape index (κ1) is 16.4. The summed E-state index contributed by atoms with van der Waals surface area (Å²) in [4.78, 5) is 17.1. The molecule has 126 valence electrons. The smallest absolute Gasteiger partial charge is 0.239 e. The number of rotatable bonds is 4. The molecule has 1 amide bonds. The van der Waals surface area contributed by atoms with E-state index in [2.05, 4.69) is 29.2 Å². The molecule has 2 saturated heterocycles. The van der Waals surface area contributed by atoms with Crippen LogP contribution in [0.3, 0.4) is 0 Å². The molecule has 5 nitrogen and oxygen atoms in total. The van der Waals surface area contributed by atoms with E-state index in [0.29, 0.717) is 18.4 Å². The normalized spacial score (nSPS) is 27.1. The average molecular weight is 317 g/mol. The Labute approximate surface area is 138 Å². The number of ether oxygens (including phenoxy) is 1. The van der Waals surface area contributed by atoms with Crippen LogP contribution < -0.4 is 5.73 Å². The van der Waals surface area contributed by atoms with Crippen LogP contribution in [0.25, 0.3) is 0 Å². The third-order valence-corrected chi connectivity index (χ3v) is 5.23. The van der Waals surface area contributed by atoms with Crippen LogP contribution >= 0.6 is 0 Å². The largest absolute Gasteiger partial charge is 0.379 e. The van der Waals surface area contributed by atoms with Gasteiger partial charge in [-0.2, -0.15) is 0 Å². The number of nitrogens with two attached hydrogens (primary N) is 1. The fourth-order valence-corrected chi connectivity index (χ4v) is 3.75. The Kier molecular flexibility index (Phi) is 5.30. The minimum atomic E-state index is -0.0770. The van der Waals surface area contributed by atoms with Crippen LogP contribution in [0, 0.1) is 5.92 Å². The number of likely N-dealkylation sites (tertiary alicyclic amines) is 1. The third kappa shape index (κ3) is 3.57. The van der Waals surface area contributed by atoms with Crippen molar-refractivity contribution in [3.05, 3.63) is 35.9 Å². The van der Waals surface area contributed by atoms with Crippen LogP contribution in [0.15, 0.2) is 30.3 Å². The lowest BCUT2D eigenvalue weighted by molar-refractivity contribution is -0.137. The van der Waals surface area contributed by atoms with Crippen LogP contribution in [0.4, 0.5) is 0 Å². The van der Waals surface area contributed by atoms with Gasteiger partial charge in [0.25, 0.3) is 0 Å². The van der Waals surface area contributed by atoms with Gasteiger partial charge in [0.1, 0.15) is 0 Å². The van der Waals surface area contributed by atoms with Gasteiger partial charge in [-0.3, -0.25) is 9.69 Å². The molecule has 3 atom stereocenters. The summed E-state index contributed by atoms with van der Waals surface area (Å²) in [7, 11) is 0. The fourth-order valence-electron chi connectivity index (χ4n) is 3.75. The summed E-state index contributed by atoms with van der Waals surface area (Å²) < 4.78 is 5.38. The lowest BCUT2D eigenvalue weighted by Gasteiger charge is -2.33. The standard InChI is InChI=1S/C18H27N3O2/c1-14(20-7-9-23-10-8-20)18(22)21-12-16(11-19)17(13-21)15-5-3-2-4-6-15/h2-6,14,16-17H,7-13,19H2,1H3/t14?,16-,17+/m1/s1. The van der Waals surface area contributed by atoms with Crippen LogP contribution in [0.2, 0.25) is 0 Å². The molecule has 2 aliphatic rings. The second kappa shape index (κ2) is 7.43. The van der Waals surface area contributed by atoms with Gasteiger partial charge in [0.2, 0.25) is 5.91 Å². The molecule has 1 aromatic rings. The first-order valence-corrected chi connectivity index (χ1v) is 8.56. The highest BCUT2D eigenvalue weighted by molar-refractivity contribution is 5.82. The number of morpholine rings is 1. The van der Waals surface area contributed by atoms with E-state index in [1.807, 2.05) is 17.9 Å². The van der Waals surface area contributed by atoms with Crippen molar-refractivity contribution in [2.75, 3.05) is 45.9 Å². The maximum atomic E-state index is 12.9. The number of carbonyl (C=O) groups excluding carboxylic acids is 1. The van der Waals surface area contributed by atoms with Crippen LogP contribution in [0.1, 0.15) is 18.4 Å². The van der Waals surface area contributed by atoms with E-state index in [-0.39, 0.29) is 11.9 Å². The topological polar surface area (TPSA) is 58.8 Å². The first-order chi connectivity index (χ1) is 11.2. The van der Waals surface area contributed by atoms with Crippen molar-refractivity contribution in [3.8, 4) is 0 Å². The molecule has 3 rings (SSSR count). The second-order valence-corrected chi connectivity index (χ2v) is 6.58. The summed E-state index contributed by atoms with van der Waals surface area (Å²) in [6, 6.07) is 10.4. The molecule has 0 radical (unpaired) electrons. The summed E-state index contributed by atoms with van der Waals surface area (Å²) in [6.45, 7) is 7.29. The molecule has 0 saturated carbocycles. The fraction of sp³-hybridized carbons (Fsp3) is 0.611. The lowest BCUT2D eigenvalue weighted by atomic mass is 9.89. The minimum absolute atomic E-state index is 0.0770. The SMILES string of the molecule is CC(C(=O)N1C[C@@H](CN)[C@H](c2ccccc2)C1)N1CCOCC1. The molecule has 2 fully saturated rings. The van der Waals surface area contributed by atoms with Gasteiger partial charge in [-0.1, -0.05) is 30.3 Å². The van der Waals surface area contributed by atoms with Gasteiger partial charge >= 0.3 is 0 Å². The molecule has 0 aliphatic carbocycles. The molecular formula is C18H27N3O2. The van der Waals surface area contributed by atoms with E-state index in [1.165, 1.54) is 5.56 Å². The lowest BCUT2D eigenvalue weighted by Crippen LogP contribution is -2.50. The summed E-state index contributed by atoms with van der Waals surface area (Å²) in [5.74, 6) is 0.920. The molecule has 0 bridgehead atoms. The van der Waals surface area contributed by atoms with E-state index >= 15 is 0 Å². The van der Waals surface area contributed by atoms with Crippen LogP contribution in [-0.2, 0) is 9.53 Å². The summed E-state index contributed by atoms with van der Waals surface area (Å²) >= 11 is 0. The molecule has 1 unspecified atom stereocenters. The Bertz CT molecular complexity index is 516. The van der Waals surface area contributed by atoms with Crippen molar-refractivity contribution >= 4 is 5.91 Å². The second-order valence-electron chi connectivity index (χ2n) is 6.58. The third-order valence-electron chi connectivity index (χ3n) is 5.23. The number of hydrogen-bond donors (Lipinski definition) is 1. The zero-order chi connectivity index (χ0) is 16.2. The van der Waals surface area contributed by atoms with Crippen LogP contribution in [0.5, 0.6) is 0 Å². The van der Waals surface area contributed by atoms with Gasteiger partial charge in [0.05, 0.1) is 19.3 Å². The van der Waals surface area contributed by atoms with Crippen molar-refractivity contribution in [2.24, 2.45) is 11.7 Å². The van der Waals surface area contributed by atoms with Crippen LogP contribution in [-0.4, -0.2) is 67.7 Å². The Morgan fingerprint density at radius 2 is 1.96 bits per heavy atom. The Morgan fingerprint density at radius 1 is 1.26 bits per heavy atom. The minimum Gasteiger partial charge on any atom is -0.379 e. The molecule has 2 aliphatic heterocycles. The van der Waals surface area contributed by atoms with Crippen molar-refractivity contribution in [2.45, 2.75) is 18.9 Å². The molecule has 2 heterocycles. The Balaban J connectivity index is 1.67. The van der Waals surface area contributed by atoms with Crippen molar-refractivity contribution < 1.29 is 9.53 Å². The summed E-state index contributed by atoms with van der Waals surface area (Å²) in [5, 5.41) is 0. The van der Waals surface area contributed by atoms with E-state index in [0.717, 1.165) is 39.4 Å². The highest BCUT2D eigenvalue weighted by atomic mass is 16.5. The highest BCUT2D eigenvalue weighted by Crippen LogP contribution is 2.32. The maximum Gasteiger partial charge on any atom is 0.239 e. The zero-order valence-corrected chi connectivity index (χ0v) is 13.9. The molecule has 5 heteroatoms. The predicted octanol–water partition coefficient (Wildman–Crippen LogP) is 0.908. The number of carbonyl (C=O) groups is 1. The van der Waals surface area contributed by atoms with Gasteiger partial charge in [0, 0.05) is 32.1 Å². The Hall–Kier alpha value is -1.43. The quantitative estimate of drug-likeness (QED) is 0.897. The molecule has 0 spiro atoms. The maximum absolute atomic E-state index is 12.9. The van der Waals surface area contributed by atoms with Crippen molar-refractivity contribution in [3.63, 3.8) is 0 Å². The van der Waals surface area contributed by atoms with E-state index in [1.54, 1.807) is 0 Å². The average Bonchev–Trinajstić information content (AvgIpc) is 3.06. The molecule has 1 aromatic carbocycles. The molecule has 2 N–H and O–H groups in total. The number of nitrogens with zero attached hydrogens (tertiary/aromatic N) is 2.